The first-order valence-corrected chi connectivity index (χ1v) is 4.18. The minimum absolute atomic E-state index is 0.547. The third kappa shape index (κ3) is 0.869. The summed E-state index contributed by atoms with van der Waals surface area (Å²) >= 11 is 0. The summed E-state index contributed by atoms with van der Waals surface area (Å²) in [5.41, 5.74) is 0.959. The summed E-state index contributed by atoms with van der Waals surface area (Å²) in [6.07, 6.45) is 1.79. The molecule has 0 saturated heterocycles. The number of hydrogen-bond acceptors (Lipinski definition) is 3. The van der Waals surface area contributed by atoms with E-state index in [9.17, 15) is 0 Å². The van der Waals surface area contributed by atoms with Gasteiger partial charge in [-0.05, 0) is 12.1 Å². The van der Waals surface area contributed by atoms with Gasteiger partial charge < -0.3 is 0 Å². The first kappa shape index (κ1) is 6.71. The van der Waals surface area contributed by atoms with E-state index in [0.29, 0.717) is 6.67 Å². The number of pyridine rings is 1. The van der Waals surface area contributed by atoms with Gasteiger partial charge in [0.2, 0.25) is 0 Å². The molecule has 62 valence electrons. The summed E-state index contributed by atoms with van der Waals surface area (Å²) in [6.45, 7) is 0.547. The highest BCUT2D eigenvalue weighted by atomic mass is 15.0. The number of aromatic nitrogens is 1. The molecule has 0 amide bonds. The average Bonchev–Trinajstić information content (AvgIpc) is 2.65. The van der Waals surface area contributed by atoms with Crippen molar-refractivity contribution in [1.82, 2.24) is 4.98 Å². The largest absolute Gasteiger partial charge is 0.260 e. The topological polar surface area (TPSA) is 37.6 Å². The van der Waals surface area contributed by atoms with Gasteiger partial charge in [-0.3, -0.25) is 15.0 Å². The SMILES string of the molecule is c1cnc2c3c(ccc2c1)=NCN=3. The van der Waals surface area contributed by atoms with E-state index in [1.54, 1.807) is 6.20 Å². The number of fused-ring (bicyclic) bond motifs is 3. The van der Waals surface area contributed by atoms with Crippen LogP contribution < -0.4 is 10.7 Å². The second-order valence-electron chi connectivity index (χ2n) is 2.97. The first-order chi connectivity index (χ1) is 6.45. The molecule has 0 aliphatic carbocycles. The van der Waals surface area contributed by atoms with Gasteiger partial charge in [-0.15, -0.1) is 0 Å². The second-order valence-corrected chi connectivity index (χ2v) is 2.97. The Morgan fingerprint density at radius 3 is 3.08 bits per heavy atom. The Morgan fingerprint density at radius 1 is 1.08 bits per heavy atom. The van der Waals surface area contributed by atoms with Crippen molar-refractivity contribution in [2.75, 3.05) is 6.67 Å². The maximum atomic E-state index is 4.30. The van der Waals surface area contributed by atoms with Gasteiger partial charge >= 0.3 is 0 Å². The fourth-order valence-electron chi connectivity index (χ4n) is 1.58. The summed E-state index contributed by atoms with van der Waals surface area (Å²) in [5.74, 6) is 0. The van der Waals surface area contributed by atoms with Gasteiger partial charge in [0.05, 0.1) is 10.9 Å². The summed E-state index contributed by atoms with van der Waals surface area (Å²) in [7, 11) is 0. The highest BCUT2D eigenvalue weighted by Crippen LogP contribution is 2.03. The molecule has 0 saturated carbocycles. The number of nitrogens with zero attached hydrogens (tertiary/aromatic N) is 3. The van der Waals surface area contributed by atoms with Crippen molar-refractivity contribution in [1.29, 1.82) is 0 Å². The van der Waals surface area contributed by atoms with Crippen LogP contribution in [0.25, 0.3) is 10.9 Å². The van der Waals surface area contributed by atoms with Crippen molar-refractivity contribution in [3.8, 4) is 0 Å². The van der Waals surface area contributed by atoms with Crippen LogP contribution in [0.4, 0.5) is 0 Å². The summed E-state index contributed by atoms with van der Waals surface area (Å²) < 4.78 is 0. The zero-order valence-electron chi connectivity index (χ0n) is 6.94. The van der Waals surface area contributed by atoms with Crippen LogP contribution in [0.1, 0.15) is 0 Å². The van der Waals surface area contributed by atoms with Gasteiger partial charge in [0, 0.05) is 11.6 Å². The van der Waals surface area contributed by atoms with Crippen LogP contribution in [-0.4, -0.2) is 11.7 Å². The minimum atomic E-state index is 0.547. The zero-order valence-corrected chi connectivity index (χ0v) is 6.94. The summed E-state index contributed by atoms with van der Waals surface area (Å²) in [5, 5.41) is 3.03. The molecule has 2 aromatic rings. The fraction of sp³-hybridized carbons (Fsp3) is 0.100. The van der Waals surface area contributed by atoms with Crippen LogP contribution in [-0.2, 0) is 0 Å². The molecule has 0 fully saturated rings. The van der Waals surface area contributed by atoms with E-state index in [4.69, 9.17) is 0 Å². The Kier molecular flexibility index (Phi) is 1.22. The van der Waals surface area contributed by atoms with Crippen LogP contribution in [0.2, 0.25) is 0 Å². The van der Waals surface area contributed by atoms with Crippen molar-refractivity contribution in [3.63, 3.8) is 0 Å². The highest BCUT2D eigenvalue weighted by Gasteiger charge is 2.01. The molecule has 0 N–H and O–H groups in total. The van der Waals surface area contributed by atoms with Crippen LogP contribution in [0.3, 0.4) is 0 Å². The summed E-state index contributed by atoms with van der Waals surface area (Å²) in [4.78, 5) is 12.8. The van der Waals surface area contributed by atoms with Crippen molar-refractivity contribution in [2.24, 2.45) is 9.98 Å². The Morgan fingerprint density at radius 2 is 2.08 bits per heavy atom. The standard InChI is InChI=1S/C10H7N3/c1-2-7-3-4-8-10(13-6-12-8)9(7)11-5-1/h1-5H,6H2. The van der Waals surface area contributed by atoms with E-state index in [0.717, 1.165) is 21.6 Å². The van der Waals surface area contributed by atoms with Gasteiger partial charge in [-0.25, -0.2) is 0 Å². The van der Waals surface area contributed by atoms with E-state index in [1.807, 2.05) is 24.3 Å². The quantitative estimate of drug-likeness (QED) is 0.564. The molecule has 1 aliphatic rings. The van der Waals surface area contributed by atoms with Gasteiger partial charge in [-0.2, -0.15) is 0 Å². The lowest BCUT2D eigenvalue weighted by molar-refractivity contribution is 1.06. The Hall–Kier alpha value is -1.77. The van der Waals surface area contributed by atoms with Gasteiger partial charge in [0.25, 0.3) is 0 Å². The molecule has 0 radical (unpaired) electrons. The van der Waals surface area contributed by atoms with E-state index in [1.165, 1.54) is 0 Å². The van der Waals surface area contributed by atoms with Crippen molar-refractivity contribution >= 4 is 10.9 Å². The van der Waals surface area contributed by atoms with E-state index in [2.05, 4.69) is 15.0 Å². The number of benzene rings is 1. The van der Waals surface area contributed by atoms with Crippen LogP contribution >= 0.6 is 0 Å². The molecular formula is C10H7N3. The lowest BCUT2D eigenvalue weighted by Crippen LogP contribution is -2.22. The van der Waals surface area contributed by atoms with E-state index >= 15 is 0 Å². The normalized spacial score (nSPS) is 13.5. The monoisotopic (exact) mass is 169 g/mol. The number of rotatable bonds is 0. The minimum Gasteiger partial charge on any atom is -0.260 e. The van der Waals surface area contributed by atoms with E-state index < -0.39 is 0 Å². The molecular weight excluding hydrogens is 162 g/mol. The molecule has 0 unspecified atom stereocenters. The van der Waals surface area contributed by atoms with E-state index in [-0.39, 0.29) is 0 Å². The lowest BCUT2D eigenvalue weighted by atomic mass is 10.2. The fourth-order valence-corrected chi connectivity index (χ4v) is 1.58. The molecule has 0 bridgehead atoms. The molecule has 0 atom stereocenters. The Bertz CT molecular complexity index is 587. The van der Waals surface area contributed by atoms with Gasteiger partial charge in [0.15, 0.2) is 0 Å². The molecule has 0 spiro atoms. The van der Waals surface area contributed by atoms with Crippen LogP contribution in [0.15, 0.2) is 40.4 Å². The molecule has 2 heterocycles. The van der Waals surface area contributed by atoms with Crippen molar-refractivity contribution in [2.45, 2.75) is 0 Å². The molecule has 3 heteroatoms. The molecule has 1 aromatic carbocycles. The van der Waals surface area contributed by atoms with Crippen LogP contribution in [0, 0.1) is 0 Å². The molecule has 3 rings (SSSR count). The van der Waals surface area contributed by atoms with Gasteiger partial charge in [-0.1, -0.05) is 12.1 Å². The Labute approximate surface area is 74.5 Å². The average molecular weight is 169 g/mol. The maximum Gasteiger partial charge on any atom is 0.131 e. The lowest BCUT2D eigenvalue weighted by Gasteiger charge is -1.93. The number of hydrogen-bond donors (Lipinski definition) is 0. The van der Waals surface area contributed by atoms with Crippen molar-refractivity contribution < 1.29 is 0 Å². The highest BCUT2D eigenvalue weighted by molar-refractivity contribution is 5.77. The van der Waals surface area contributed by atoms with Crippen molar-refractivity contribution in [3.05, 3.63) is 41.2 Å². The molecule has 3 nitrogen and oxygen atoms in total. The Balaban J connectivity index is 2.67. The molecule has 1 aromatic heterocycles. The van der Waals surface area contributed by atoms with Gasteiger partial charge in [0.1, 0.15) is 12.0 Å². The molecule has 1 aliphatic heterocycles. The zero-order chi connectivity index (χ0) is 8.67. The maximum absolute atomic E-state index is 4.30. The predicted molar refractivity (Wildman–Crippen MR) is 48.9 cm³/mol. The third-order valence-electron chi connectivity index (χ3n) is 2.20. The molecule has 13 heavy (non-hydrogen) atoms. The predicted octanol–water partition coefficient (Wildman–Crippen LogP) is 0.445. The first-order valence-electron chi connectivity index (χ1n) is 4.18. The second kappa shape index (κ2) is 2.36. The third-order valence-corrected chi connectivity index (χ3v) is 2.20. The smallest absolute Gasteiger partial charge is 0.131 e. The summed E-state index contributed by atoms with van der Waals surface area (Å²) in [6, 6.07) is 8.00. The van der Waals surface area contributed by atoms with Crippen LogP contribution in [0.5, 0.6) is 0 Å².